The molecule has 1 amide bonds. The van der Waals surface area contributed by atoms with Crippen molar-refractivity contribution in [1.29, 1.82) is 0 Å². The van der Waals surface area contributed by atoms with Crippen molar-refractivity contribution in [3.63, 3.8) is 0 Å². The fourth-order valence-electron chi connectivity index (χ4n) is 2.75. The standard InChI is InChI=1S/C20H18N4O4/c1-2-23(13-18-21-17-9-4-3-8-16(17)20(26)22-18)19(25)11-10-14-6-5-7-15(12-14)24(27)28/h3-12H,2,13H2,1H3,(H,21,22,26). The monoisotopic (exact) mass is 378 g/mol. The average Bonchev–Trinajstić information content (AvgIpc) is 2.70. The number of hydrogen-bond acceptors (Lipinski definition) is 5. The first-order valence-electron chi connectivity index (χ1n) is 8.67. The molecule has 0 atom stereocenters. The summed E-state index contributed by atoms with van der Waals surface area (Å²) in [5.41, 5.74) is 0.823. The number of amides is 1. The predicted octanol–water partition coefficient (Wildman–Crippen LogP) is 2.89. The SMILES string of the molecule is CCN(Cc1nc2ccccc2c(=O)[nH]1)C(=O)C=Cc1cccc([N+](=O)[O-])c1. The van der Waals surface area contributed by atoms with Gasteiger partial charge in [-0.05, 0) is 30.7 Å². The van der Waals surface area contributed by atoms with Crippen LogP contribution in [0.25, 0.3) is 17.0 Å². The highest BCUT2D eigenvalue weighted by atomic mass is 16.6. The zero-order chi connectivity index (χ0) is 20.1. The van der Waals surface area contributed by atoms with Gasteiger partial charge in [0.25, 0.3) is 11.2 Å². The van der Waals surface area contributed by atoms with Crippen molar-refractivity contribution in [1.82, 2.24) is 14.9 Å². The lowest BCUT2D eigenvalue weighted by atomic mass is 10.2. The Labute approximate surface area is 160 Å². The van der Waals surface area contributed by atoms with Crippen LogP contribution in [-0.4, -0.2) is 32.2 Å². The number of likely N-dealkylation sites (N-methyl/N-ethyl adjacent to an activating group) is 1. The molecule has 0 radical (unpaired) electrons. The Kier molecular flexibility index (Phi) is 5.59. The summed E-state index contributed by atoms with van der Waals surface area (Å²) in [4.78, 5) is 43.7. The number of aromatic amines is 1. The molecule has 8 heteroatoms. The number of carbonyl (C=O) groups excluding carboxylic acids is 1. The van der Waals surface area contributed by atoms with Gasteiger partial charge in [0, 0.05) is 24.8 Å². The summed E-state index contributed by atoms with van der Waals surface area (Å²) in [7, 11) is 0. The van der Waals surface area contributed by atoms with Gasteiger partial charge in [-0.15, -0.1) is 0 Å². The number of fused-ring (bicyclic) bond motifs is 1. The molecule has 0 saturated carbocycles. The van der Waals surface area contributed by atoms with Gasteiger partial charge in [0.15, 0.2) is 0 Å². The second-order valence-corrected chi connectivity index (χ2v) is 6.07. The maximum absolute atomic E-state index is 12.5. The van der Waals surface area contributed by atoms with Gasteiger partial charge in [0.1, 0.15) is 5.82 Å². The number of H-pyrrole nitrogens is 1. The lowest BCUT2D eigenvalue weighted by Crippen LogP contribution is -2.30. The van der Waals surface area contributed by atoms with Crippen molar-refractivity contribution in [2.45, 2.75) is 13.5 Å². The minimum atomic E-state index is -0.487. The molecular formula is C20H18N4O4. The van der Waals surface area contributed by atoms with E-state index < -0.39 is 4.92 Å². The van der Waals surface area contributed by atoms with Crippen molar-refractivity contribution in [2.75, 3.05) is 6.54 Å². The normalized spacial score (nSPS) is 11.0. The lowest BCUT2D eigenvalue weighted by molar-refractivity contribution is -0.384. The number of rotatable bonds is 6. The summed E-state index contributed by atoms with van der Waals surface area (Å²) in [6.07, 6.45) is 2.87. The Bertz CT molecular complexity index is 1120. The molecule has 3 aromatic rings. The number of benzene rings is 2. The van der Waals surface area contributed by atoms with Gasteiger partial charge in [-0.3, -0.25) is 19.7 Å². The molecule has 0 aliphatic carbocycles. The van der Waals surface area contributed by atoms with E-state index in [1.807, 2.05) is 6.92 Å². The van der Waals surface area contributed by atoms with Gasteiger partial charge in [-0.1, -0.05) is 24.3 Å². The zero-order valence-electron chi connectivity index (χ0n) is 15.2. The van der Waals surface area contributed by atoms with E-state index in [2.05, 4.69) is 9.97 Å². The van der Waals surface area contributed by atoms with Crippen LogP contribution in [-0.2, 0) is 11.3 Å². The van der Waals surface area contributed by atoms with Crippen LogP contribution in [0.3, 0.4) is 0 Å². The molecule has 1 heterocycles. The molecule has 0 aliphatic heterocycles. The second-order valence-electron chi connectivity index (χ2n) is 6.07. The Balaban J connectivity index is 1.78. The molecule has 2 aromatic carbocycles. The summed E-state index contributed by atoms with van der Waals surface area (Å²) in [5, 5.41) is 11.3. The Hall–Kier alpha value is -3.81. The van der Waals surface area contributed by atoms with E-state index in [1.54, 1.807) is 36.4 Å². The molecule has 0 saturated heterocycles. The molecule has 0 fully saturated rings. The minimum Gasteiger partial charge on any atom is -0.332 e. The number of hydrogen-bond donors (Lipinski definition) is 1. The number of aromatic nitrogens is 2. The second kappa shape index (κ2) is 8.26. The zero-order valence-corrected chi connectivity index (χ0v) is 15.2. The maximum Gasteiger partial charge on any atom is 0.270 e. The smallest absolute Gasteiger partial charge is 0.270 e. The molecule has 0 aliphatic rings. The third-order valence-electron chi connectivity index (χ3n) is 4.20. The number of nitrogens with one attached hydrogen (secondary N) is 1. The van der Waals surface area contributed by atoms with Crippen molar-refractivity contribution in [2.24, 2.45) is 0 Å². The summed E-state index contributed by atoms with van der Waals surface area (Å²) < 4.78 is 0. The molecule has 0 spiro atoms. The summed E-state index contributed by atoms with van der Waals surface area (Å²) in [5.74, 6) is 0.104. The van der Waals surface area contributed by atoms with Gasteiger partial charge < -0.3 is 9.88 Å². The molecule has 3 rings (SSSR count). The van der Waals surface area contributed by atoms with E-state index in [1.165, 1.54) is 29.2 Å². The number of nitro benzene ring substituents is 1. The van der Waals surface area contributed by atoms with E-state index in [4.69, 9.17) is 0 Å². The molecule has 1 N–H and O–H groups in total. The third kappa shape index (κ3) is 4.29. The summed E-state index contributed by atoms with van der Waals surface area (Å²) >= 11 is 0. The van der Waals surface area contributed by atoms with Gasteiger partial charge in [-0.2, -0.15) is 0 Å². The third-order valence-corrected chi connectivity index (χ3v) is 4.20. The number of non-ortho nitro benzene ring substituents is 1. The Morgan fingerprint density at radius 2 is 2.04 bits per heavy atom. The molecule has 1 aromatic heterocycles. The molecule has 8 nitrogen and oxygen atoms in total. The van der Waals surface area contributed by atoms with Crippen LogP contribution < -0.4 is 5.56 Å². The van der Waals surface area contributed by atoms with Crippen molar-refractivity contribution in [3.8, 4) is 0 Å². The van der Waals surface area contributed by atoms with Crippen LogP contribution in [0.4, 0.5) is 5.69 Å². The first kappa shape index (κ1) is 19.0. The van der Waals surface area contributed by atoms with Crippen LogP contribution in [0.5, 0.6) is 0 Å². The number of carbonyl (C=O) groups is 1. The predicted molar refractivity (Wildman–Crippen MR) is 106 cm³/mol. The van der Waals surface area contributed by atoms with Crippen LogP contribution in [0.15, 0.2) is 59.4 Å². The minimum absolute atomic E-state index is 0.0418. The summed E-state index contributed by atoms with van der Waals surface area (Å²) in [6.45, 7) is 2.38. The van der Waals surface area contributed by atoms with E-state index in [0.717, 1.165) is 0 Å². The first-order chi connectivity index (χ1) is 13.5. The number of nitrogens with zero attached hydrogens (tertiary/aromatic N) is 3. The van der Waals surface area contributed by atoms with Crippen LogP contribution in [0.2, 0.25) is 0 Å². The van der Waals surface area contributed by atoms with Gasteiger partial charge in [-0.25, -0.2) is 4.98 Å². The Morgan fingerprint density at radius 3 is 2.79 bits per heavy atom. The van der Waals surface area contributed by atoms with Gasteiger partial charge in [0.05, 0.1) is 22.4 Å². The largest absolute Gasteiger partial charge is 0.332 e. The average molecular weight is 378 g/mol. The fourth-order valence-corrected chi connectivity index (χ4v) is 2.75. The fraction of sp³-hybridized carbons (Fsp3) is 0.150. The highest BCUT2D eigenvalue weighted by Gasteiger charge is 2.12. The van der Waals surface area contributed by atoms with E-state index in [9.17, 15) is 19.7 Å². The molecule has 0 bridgehead atoms. The molecule has 142 valence electrons. The summed E-state index contributed by atoms with van der Waals surface area (Å²) in [6, 6.07) is 13.0. The van der Waals surface area contributed by atoms with Crippen LogP contribution in [0.1, 0.15) is 18.3 Å². The lowest BCUT2D eigenvalue weighted by Gasteiger charge is -2.18. The van der Waals surface area contributed by atoms with Crippen molar-refractivity contribution < 1.29 is 9.72 Å². The quantitative estimate of drug-likeness (QED) is 0.403. The topological polar surface area (TPSA) is 109 Å². The van der Waals surface area contributed by atoms with Crippen LogP contribution >= 0.6 is 0 Å². The highest BCUT2D eigenvalue weighted by molar-refractivity contribution is 5.91. The van der Waals surface area contributed by atoms with Crippen LogP contribution in [0, 0.1) is 10.1 Å². The molecule has 0 unspecified atom stereocenters. The number of para-hydroxylation sites is 1. The van der Waals surface area contributed by atoms with E-state index in [0.29, 0.717) is 28.8 Å². The maximum atomic E-state index is 12.5. The van der Waals surface area contributed by atoms with Gasteiger partial charge >= 0.3 is 0 Å². The Morgan fingerprint density at radius 1 is 1.25 bits per heavy atom. The van der Waals surface area contributed by atoms with Crippen molar-refractivity contribution >= 4 is 28.6 Å². The molecule has 28 heavy (non-hydrogen) atoms. The molecular weight excluding hydrogens is 360 g/mol. The van der Waals surface area contributed by atoms with E-state index >= 15 is 0 Å². The highest BCUT2D eigenvalue weighted by Crippen LogP contribution is 2.14. The number of nitro groups is 1. The van der Waals surface area contributed by atoms with Gasteiger partial charge in [0.2, 0.25) is 5.91 Å². The van der Waals surface area contributed by atoms with E-state index in [-0.39, 0.29) is 23.7 Å². The van der Waals surface area contributed by atoms with Crippen molar-refractivity contribution in [3.05, 3.63) is 86.5 Å². The first-order valence-corrected chi connectivity index (χ1v) is 8.67.